The molecule has 0 atom stereocenters. The van der Waals surface area contributed by atoms with Gasteiger partial charge in [-0.3, -0.25) is 4.79 Å². The van der Waals surface area contributed by atoms with E-state index < -0.39 is 0 Å². The molecule has 4 nitrogen and oxygen atoms in total. The number of rotatable bonds is 2. The Balaban J connectivity index is 2.52. The molecule has 0 fully saturated rings. The third-order valence-corrected chi connectivity index (χ3v) is 2.56. The molecule has 1 aromatic rings. The van der Waals surface area contributed by atoms with Crippen LogP contribution in [-0.4, -0.2) is 20.1 Å². The van der Waals surface area contributed by atoms with Gasteiger partial charge in [0.1, 0.15) is 0 Å². The smallest absolute Gasteiger partial charge is 0.224 e. The number of ether oxygens (including phenoxy) is 2. The summed E-state index contributed by atoms with van der Waals surface area (Å²) in [5, 5.41) is 2.79. The van der Waals surface area contributed by atoms with Gasteiger partial charge in [-0.2, -0.15) is 0 Å². The summed E-state index contributed by atoms with van der Waals surface area (Å²) < 4.78 is 10.5. The van der Waals surface area contributed by atoms with Crippen LogP contribution in [0.1, 0.15) is 11.1 Å². The molecule has 0 aliphatic carbocycles. The van der Waals surface area contributed by atoms with Gasteiger partial charge in [0.25, 0.3) is 0 Å². The lowest BCUT2D eigenvalue weighted by Crippen LogP contribution is -2.30. The van der Waals surface area contributed by atoms with Crippen LogP contribution in [-0.2, 0) is 17.8 Å². The van der Waals surface area contributed by atoms with E-state index in [4.69, 9.17) is 9.47 Å². The van der Waals surface area contributed by atoms with Crippen molar-refractivity contribution < 1.29 is 14.3 Å². The maximum Gasteiger partial charge on any atom is 0.224 e. The van der Waals surface area contributed by atoms with Crippen molar-refractivity contribution >= 4 is 5.91 Å². The fourth-order valence-corrected chi connectivity index (χ4v) is 1.81. The second kappa shape index (κ2) is 3.81. The number of amides is 1. The van der Waals surface area contributed by atoms with Crippen LogP contribution in [0.4, 0.5) is 0 Å². The largest absolute Gasteiger partial charge is 0.493 e. The molecular weight excluding hydrogens is 194 g/mol. The first-order valence-corrected chi connectivity index (χ1v) is 4.75. The fraction of sp³-hybridized carbons (Fsp3) is 0.364. The molecule has 1 aromatic carbocycles. The first-order chi connectivity index (χ1) is 7.26. The van der Waals surface area contributed by atoms with Crippen molar-refractivity contribution in [3.05, 3.63) is 23.3 Å². The Hall–Kier alpha value is -1.71. The molecule has 0 bridgehead atoms. The van der Waals surface area contributed by atoms with Crippen LogP contribution in [0, 0.1) is 0 Å². The predicted molar refractivity (Wildman–Crippen MR) is 55.1 cm³/mol. The van der Waals surface area contributed by atoms with Gasteiger partial charge in [0.05, 0.1) is 20.6 Å². The van der Waals surface area contributed by atoms with Crippen LogP contribution < -0.4 is 14.8 Å². The molecule has 0 saturated heterocycles. The highest BCUT2D eigenvalue weighted by Gasteiger charge is 2.21. The van der Waals surface area contributed by atoms with Gasteiger partial charge in [-0.15, -0.1) is 0 Å². The van der Waals surface area contributed by atoms with Gasteiger partial charge < -0.3 is 14.8 Å². The molecule has 80 valence electrons. The van der Waals surface area contributed by atoms with E-state index in [9.17, 15) is 4.79 Å². The zero-order valence-electron chi connectivity index (χ0n) is 8.79. The average Bonchev–Trinajstić information content (AvgIpc) is 2.27. The zero-order chi connectivity index (χ0) is 10.8. The molecule has 1 aliphatic heterocycles. The number of fused-ring (bicyclic) bond motifs is 1. The molecule has 0 saturated carbocycles. The van der Waals surface area contributed by atoms with Gasteiger partial charge >= 0.3 is 0 Å². The molecule has 2 rings (SSSR count). The molecule has 15 heavy (non-hydrogen) atoms. The van der Waals surface area contributed by atoms with Gasteiger partial charge in [0.15, 0.2) is 11.5 Å². The van der Waals surface area contributed by atoms with E-state index in [1.54, 1.807) is 14.2 Å². The summed E-state index contributed by atoms with van der Waals surface area (Å²) >= 11 is 0. The quantitative estimate of drug-likeness (QED) is 0.783. The minimum Gasteiger partial charge on any atom is -0.493 e. The molecule has 1 amide bonds. The Morgan fingerprint density at radius 1 is 1.27 bits per heavy atom. The number of carbonyl (C=O) groups excluding carboxylic acids is 1. The highest BCUT2D eigenvalue weighted by Crippen LogP contribution is 2.34. The molecular formula is C11H13NO3. The van der Waals surface area contributed by atoms with Crippen molar-refractivity contribution in [2.24, 2.45) is 0 Å². The number of carbonyl (C=O) groups is 1. The van der Waals surface area contributed by atoms with E-state index in [-0.39, 0.29) is 5.91 Å². The number of hydrogen-bond acceptors (Lipinski definition) is 3. The monoisotopic (exact) mass is 207 g/mol. The van der Waals surface area contributed by atoms with Crippen LogP contribution in [0.5, 0.6) is 11.5 Å². The van der Waals surface area contributed by atoms with E-state index >= 15 is 0 Å². The molecule has 0 spiro atoms. The Labute approximate surface area is 88.2 Å². The Kier molecular flexibility index (Phi) is 2.49. The molecule has 0 unspecified atom stereocenters. The second-order valence-corrected chi connectivity index (χ2v) is 3.39. The molecule has 1 heterocycles. The van der Waals surface area contributed by atoms with Gasteiger partial charge in [-0.25, -0.2) is 0 Å². The third-order valence-electron chi connectivity index (χ3n) is 2.56. The Morgan fingerprint density at radius 2 is 2.07 bits per heavy atom. The van der Waals surface area contributed by atoms with Crippen molar-refractivity contribution in [2.75, 3.05) is 14.2 Å². The normalized spacial score (nSPS) is 14.1. The Morgan fingerprint density at radius 3 is 2.73 bits per heavy atom. The summed E-state index contributed by atoms with van der Waals surface area (Å²) in [6, 6.07) is 3.81. The second-order valence-electron chi connectivity index (χ2n) is 3.39. The lowest BCUT2D eigenvalue weighted by Gasteiger charge is -2.20. The number of methoxy groups -OCH3 is 2. The maximum absolute atomic E-state index is 11.3. The average molecular weight is 207 g/mol. The molecule has 4 heteroatoms. The van der Waals surface area contributed by atoms with Crippen LogP contribution in [0.3, 0.4) is 0 Å². The fourth-order valence-electron chi connectivity index (χ4n) is 1.81. The van der Waals surface area contributed by atoms with Crippen LogP contribution in [0.25, 0.3) is 0 Å². The molecule has 0 aromatic heterocycles. The maximum atomic E-state index is 11.3. The minimum absolute atomic E-state index is 0.0223. The summed E-state index contributed by atoms with van der Waals surface area (Å²) in [4.78, 5) is 11.3. The summed E-state index contributed by atoms with van der Waals surface area (Å²) in [6.07, 6.45) is 0.357. The van der Waals surface area contributed by atoms with Gasteiger partial charge in [0.2, 0.25) is 5.91 Å². The molecule has 1 aliphatic rings. The topological polar surface area (TPSA) is 47.6 Å². The molecule has 1 N–H and O–H groups in total. The highest BCUT2D eigenvalue weighted by atomic mass is 16.5. The minimum atomic E-state index is 0.0223. The summed E-state index contributed by atoms with van der Waals surface area (Å²) in [5.74, 6) is 1.37. The number of nitrogens with one attached hydrogen (secondary N) is 1. The zero-order valence-corrected chi connectivity index (χ0v) is 8.79. The van der Waals surface area contributed by atoms with E-state index in [0.717, 1.165) is 11.1 Å². The first-order valence-electron chi connectivity index (χ1n) is 4.75. The first kappa shape index (κ1) is 9.83. The summed E-state index contributed by atoms with van der Waals surface area (Å²) in [6.45, 7) is 0.564. The molecule has 0 radical (unpaired) electrons. The van der Waals surface area contributed by atoms with E-state index in [2.05, 4.69) is 5.32 Å². The highest BCUT2D eigenvalue weighted by molar-refractivity contribution is 5.82. The van der Waals surface area contributed by atoms with E-state index in [1.807, 2.05) is 12.1 Å². The number of hydrogen-bond donors (Lipinski definition) is 1. The van der Waals surface area contributed by atoms with Crippen molar-refractivity contribution in [1.82, 2.24) is 5.32 Å². The van der Waals surface area contributed by atoms with E-state index in [0.29, 0.717) is 24.5 Å². The van der Waals surface area contributed by atoms with Gasteiger partial charge in [0, 0.05) is 12.1 Å². The third kappa shape index (κ3) is 1.63. The summed E-state index contributed by atoms with van der Waals surface area (Å²) in [5.41, 5.74) is 2.02. The van der Waals surface area contributed by atoms with Crippen molar-refractivity contribution in [1.29, 1.82) is 0 Å². The lowest BCUT2D eigenvalue weighted by atomic mass is 9.99. The van der Waals surface area contributed by atoms with E-state index in [1.165, 1.54) is 0 Å². The van der Waals surface area contributed by atoms with Gasteiger partial charge in [-0.05, 0) is 11.6 Å². The van der Waals surface area contributed by atoms with Crippen LogP contribution in [0.2, 0.25) is 0 Å². The standard InChI is InChI=1S/C11H13NO3/c1-14-9-4-3-7-6-12-10(13)5-8(7)11(9)15-2/h3-4H,5-6H2,1-2H3,(H,12,13). The Bertz CT molecular complexity index is 401. The van der Waals surface area contributed by atoms with Crippen molar-refractivity contribution in [3.8, 4) is 11.5 Å². The van der Waals surface area contributed by atoms with Crippen molar-refractivity contribution in [3.63, 3.8) is 0 Å². The van der Waals surface area contributed by atoms with Crippen LogP contribution >= 0.6 is 0 Å². The summed E-state index contributed by atoms with van der Waals surface area (Å²) in [7, 11) is 3.18. The van der Waals surface area contributed by atoms with Crippen molar-refractivity contribution in [2.45, 2.75) is 13.0 Å². The predicted octanol–water partition coefficient (Wildman–Crippen LogP) is 0.876. The number of benzene rings is 1. The SMILES string of the molecule is COc1ccc2c(c1OC)CC(=O)NC2. The van der Waals surface area contributed by atoms with Crippen LogP contribution in [0.15, 0.2) is 12.1 Å². The van der Waals surface area contributed by atoms with Gasteiger partial charge in [-0.1, -0.05) is 6.07 Å². The lowest BCUT2D eigenvalue weighted by molar-refractivity contribution is -0.121.